The summed E-state index contributed by atoms with van der Waals surface area (Å²) in [4.78, 5) is 21.7. The van der Waals surface area contributed by atoms with Crippen LogP contribution in [0.25, 0.3) is 10.9 Å². The standard InChI is InChI=1S/C22H17BrN4O/c1-14-13-16(11-12-18(14)23)25-22(28)21-26-19-10-6-5-9-17(19)20(27-21)24-15-7-3-2-4-8-15/h2-13H,1H3,(H,25,28)(H,24,26,27). The molecule has 3 aromatic carbocycles. The van der Waals surface area contributed by atoms with Crippen molar-refractivity contribution in [3.63, 3.8) is 0 Å². The second-order valence-electron chi connectivity index (χ2n) is 6.32. The number of carbonyl (C=O) groups is 1. The van der Waals surface area contributed by atoms with Crippen molar-refractivity contribution >= 4 is 49.9 Å². The monoisotopic (exact) mass is 432 g/mol. The van der Waals surface area contributed by atoms with Crippen molar-refractivity contribution in [1.29, 1.82) is 0 Å². The highest BCUT2D eigenvalue weighted by Crippen LogP contribution is 2.24. The zero-order valence-electron chi connectivity index (χ0n) is 15.1. The maximum atomic E-state index is 12.8. The minimum absolute atomic E-state index is 0.109. The highest BCUT2D eigenvalue weighted by molar-refractivity contribution is 9.10. The maximum Gasteiger partial charge on any atom is 0.293 e. The number of para-hydroxylation sites is 2. The van der Waals surface area contributed by atoms with E-state index in [1.807, 2.05) is 79.7 Å². The van der Waals surface area contributed by atoms with Gasteiger partial charge in [0.15, 0.2) is 0 Å². The Labute approximate surface area is 171 Å². The fraction of sp³-hybridized carbons (Fsp3) is 0.0455. The van der Waals surface area contributed by atoms with Gasteiger partial charge < -0.3 is 10.6 Å². The zero-order valence-corrected chi connectivity index (χ0v) is 16.7. The molecule has 1 amide bonds. The average Bonchev–Trinajstić information content (AvgIpc) is 2.71. The van der Waals surface area contributed by atoms with Crippen molar-refractivity contribution in [2.24, 2.45) is 0 Å². The molecule has 0 spiro atoms. The van der Waals surface area contributed by atoms with Gasteiger partial charge in [0.1, 0.15) is 5.82 Å². The second kappa shape index (κ2) is 7.78. The number of amides is 1. The van der Waals surface area contributed by atoms with Crippen LogP contribution in [0.3, 0.4) is 0 Å². The molecule has 0 saturated carbocycles. The number of fused-ring (bicyclic) bond motifs is 1. The van der Waals surface area contributed by atoms with Crippen molar-refractivity contribution in [1.82, 2.24) is 9.97 Å². The molecule has 5 nitrogen and oxygen atoms in total. The van der Waals surface area contributed by atoms with Gasteiger partial charge in [0.05, 0.1) is 5.52 Å². The lowest BCUT2D eigenvalue weighted by Gasteiger charge is -2.11. The number of nitrogens with zero attached hydrogens (tertiary/aromatic N) is 2. The van der Waals surface area contributed by atoms with Crippen LogP contribution in [0.15, 0.2) is 77.3 Å². The first kappa shape index (κ1) is 18.1. The summed E-state index contributed by atoms with van der Waals surface area (Å²) >= 11 is 3.46. The van der Waals surface area contributed by atoms with Gasteiger partial charge in [0, 0.05) is 21.2 Å². The molecule has 0 radical (unpaired) electrons. The van der Waals surface area contributed by atoms with E-state index < -0.39 is 0 Å². The highest BCUT2D eigenvalue weighted by Gasteiger charge is 2.15. The molecule has 0 saturated heterocycles. The molecule has 1 aromatic heterocycles. The molecule has 0 unspecified atom stereocenters. The summed E-state index contributed by atoms with van der Waals surface area (Å²) < 4.78 is 0.988. The summed E-state index contributed by atoms with van der Waals surface area (Å²) in [6.45, 7) is 1.97. The number of hydrogen-bond donors (Lipinski definition) is 2. The molecule has 4 rings (SSSR count). The zero-order chi connectivity index (χ0) is 19.5. The predicted molar refractivity (Wildman–Crippen MR) is 116 cm³/mol. The molecule has 0 bridgehead atoms. The number of aromatic nitrogens is 2. The van der Waals surface area contributed by atoms with Crippen LogP contribution in [0, 0.1) is 6.92 Å². The third-order valence-corrected chi connectivity index (χ3v) is 5.15. The van der Waals surface area contributed by atoms with E-state index in [-0.39, 0.29) is 11.7 Å². The van der Waals surface area contributed by atoms with Gasteiger partial charge in [0.25, 0.3) is 5.91 Å². The third kappa shape index (κ3) is 3.87. The second-order valence-corrected chi connectivity index (χ2v) is 7.18. The van der Waals surface area contributed by atoms with Crippen molar-refractivity contribution in [3.05, 3.63) is 88.7 Å². The number of rotatable bonds is 4. The molecule has 0 aliphatic rings. The minimum Gasteiger partial charge on any atom is -0.340 e. The van der Waals surface area contributed by atoms with Crippen LogP contribution in [0.5, 0.6) is 0 Å². The molecule has 0 fully saturated rings. The third-order valence-electron chi connectivity index (χ3n) is 4.26. The smallest absolute Gasteiger partial charge is 0.293 e. The number of hydrogen-bond acceptors (Lipinski definition) is 4. The first-order chi connectivity index (χ1) is 13.6. The minimum atomic E-state index is -0.358. The van der Waals surface area contributed by atoms with E-state index in [2.05, 4.69) is 36.5 Å². The van der Waals surface area contributed by atoms with E-state index in [4.69, 9.17) is 0 Å². The molecule has 28 heavy (non-hydrogen) atoms. The summed E-state index contributed by atoms with van der Waals surface area (Å²) in [5.41, 5.74) is 3.32. The number of halogens is 1. The van der Waals surface area contributed by atoms with Crippen molar-refractivity contribution in [2.75, 3.05) is 10.6 Å². The Morgan fingerprint density at radius 2 is 1.64 bits per heavy atom. The number of nitrogens with one attached hydrogen (secondary N) is 2. The number of carbonyl (C=O) groups excluding carboxylic acids is 1. The van der Waals surface area contributed by atoms with Crippen molar-refractivity contribution < 1.29 is 4.79 Å². The molecule has 0 atom stereocenters. The topological polar surface area (TPSA) is 66.9 Å². The van der Waals surface area contributed by atoms with Gasteiger partial charge >= 0.3 is 0 Å². The molecule has 1 heterocycles. The van der Waals surface area contributed by atoms with E-state index in [1.165, 1.54) is 0 Å². The van der Waals surface area contributed by atoms with Gasteiger partial charge in [-0.15, -0.1) is 0 Å². The van der Waals surface area contributed by atoms with Gasteiger partial charge in [-0.2, -0.15) is 0 Å². The Hall–Kier alpha value is -3.25. The van der Waals surface area contributed by atoms with Crippen LogP contribution in [0.2, 0.25) is 0 Å². The number of benzene rings is 3. The summed E-state index contributed by atoms with van der Waals surface area (Å²) in [5, 5.41) is 7.00. The number of anilines is 3. The highest BCUT2D eigenvalue weighted by atomic mass is 79.9. The first-order valence-corrected chi connectivity index (χ1v) is 9.56. The van der Waals surface area contributed by atoms with Crippen LogP contribution in [-0.4, -0.2) is 15.9 Å². The van der Waals surface area contributed by atoms with Crippen LogP contribution in [0.4, 0.5) is 17.2 Å². The first-order valence-electron chi connectivity index (χ1n) is 8.76. The van der Waals surface area contributed by atoms with Gasteiger partial charge in [-0.1, -0.05) is 46.3 Å². The van der Waals surface area contributed by atoms with Gasteiger partial charge in [0.2, 0.25) is 5.82 Å². The fourth-order valence-corrected chi connectivity index (χ4v) is 3.09. The number of aryl methyl sites for hydroxylation is 1. The van der Waals surface area contributed by atoms with Crippen LogP contribution in [-0.2, 0) is 0 Å². The van der Waals surface area contributed by atoms with Crippen LogP contribution >= 0.6 is 15.9 Å². The predicted octanol–water partition coefficient (Wildman–Crippen LogP) is 5.70. The summed E-state index contributed by atoms with van der Waals surface area (Å²) in [7, 11) is 0. The van der Waals surface area contributed by atoms with Crippen LogP contribution in [0.1, 0.15) is 16.2 Å². The molecular formula is C22H17BrN4O. The lowest BCUT2D eigenvalue weighted by Crippen LogP contribution is -2.16. The van der Waals surface area contributed by atoms with Crippen molar-refractivity contribution in [2.45, 2.75) is 6.92 Å². The van der Waals surface area contributed by atoms with Crippen LogP contribution < -0.4 is 10.6 Å². The largest absolute Gasteiger partial charge is 0.340 e. The normalized spacial score (nSPS) is 10.6. The van der Waals surface area contributed by atoms with Gasteiger partial charge in [-0.25, -0.2) is 9.97 Å². The van der Waals surface area contributed by atoms with E-state index >= 15 is 0 Å². The Bertz CT molecular complexity index is 1160. The fourth-order valence-electron chi connectivity index (χ4n) is 2.84. The van der Waals surface area contributed by atoms with E-state index in [9.17, 15) is 4.79 Å². The SMILES string of the molecule is Cc1cc(NC(=O)c2nc(Nc3ccccc3)c3ccccc3n2)ccc1Br. The van der Waals surface area contributed by atoms with Gasteiger partial charge in [-0.05, 0) is 55.0 Å². The average molecular weight is 433 g/mol. The van der Waals surface area contributed by atoms with E-state index in [0.717, 1.165) is 21.1 Å². The van der Waals surface area contributed by atoms with Gasteiger partial charge in [-0.3, -0.25) is 4.79 Å². The molecule has 138 valence electrons. The summed E-state index contributed by atoms with van der Waals surface area (Å²) in [6, 6.07) is 23.0. The Kier molecular flexibility index (Phi) is 5.04. The molecule has 0 aliphatic carbocycles. The molecular weight excluding hydrogens is 416 g/mol. The summed E-state index contributed by atoms with van der Waals surface area (Å²) in [6.07, 6.45) is 0. The Morgan fingerprint density at radius 3 is 2.43 bits per heavy atom. The van der Waals surface area contributed by atoms with Crippen molar-refractivity contribution in [3.8, 4) is 0 Å². The molecule has 0 aliphatic heterocycles. The lowest BCUT2D eigenvalue weighted by atomic mass is 10.2. The maximum absolute atomic E-state index is 12.8. The molecule has 6 heteroatoms. The summed E-state index contributed by atoms with van der Waals surface area (Å²) in [5.74, 6) is 0.343. The Morgan fingerprint density at radius 1 is 0.893 bits per heavy atom. The molecule has 4 aromatic rings. The molecule has 2 N–H and O–H groups in total. The lowest BCUT2D eigenvalue weighted by molar-refractivity contribution is 0.101. The Balaban J connectivity index is 1.70. The van der Waals surface area contributed by atoms with E-state index in [1.54, 1.807) is 0 Å². The quantitative estimate of drug-likeness (QED) is 0.434. The van der Waals surface area contributed by atoms with E-state index in [0.29, 0.717) is 17.0 Å².